The van der Waals surface area contributed by atoms with Crippen molar-refractivity contribution < 1.29 is 0 Å². The summed E-state index contributed by atoms with van der Waals surface area (Å²) in [6, 6.07) is 15.6. The highest BCUT2D eigenvalue weighted by atomic mass is 15.1. The van der Waals surface area contributed by atoms with E-state index in [2.05, 4.69) is 40.3 Å². The van der Waals surface area contributed by atoms with E-state index >= 15 is 0 Å². The molecular weight excluding hydrogens is 284 g/mol. The van der Waals surface area contributed by atoms with Crippen molar-refractivity contribution in [2.75, 3.05) is 18.0 Å². The van der Waals surface area contributed by atoms with Gasteiger partial charge in [0.15, 0.2) is 0 Å². The predicted octanol–water partition coefficient (Wildman–Crippen LogP) is 5.14. The zero-order valence-corrected chi connectivity index (χ0v) is 13.4. The van der Waals surface area contributed by atoms with Gasteiger partial charge < -0.3 is 4.90 Å². The van der Waals surface area contributed by atoms with E-state index in [4.69, 9.17) is 5.26 Å². The first-order valence-electron chi connectivity index (χ1n) is 8.10. The van der Waals surface area contributed by atoms with E-state index in [9.17, 15) is 0 Å². The van der Waals surface area contributed by atoms with Crippen LogP contribution < -0.4 is 4.90 Å². The van der Waals surface area contributed by atoms with Gasteiger partial charge in [-0.2, -0.15) is 15.5 Å². The van der Waals surface area contributed by atoms with E-state index in [-0.39, 0.29) is 0 Å². The Balaban J connectivity index is 1.78. The van der Waals surface area contributed by atoms with Gasteiger partial charge in [0.05, 0.1) is 23.0 Å². The van der Waals surface area contributed by atoms with Crippen molar-refractivity contribution in [1.82, 2.24) is 0 Å². The fourth-order valence-corrected chi connectivity index (χ4v) is 2.94. The van der Waals surface area contributed by atoms with Crippen LogP contribution >= 0.6 is 0 Å². The van der Waals surface area contributed by atoms with Crippen LogP contribution in [0, 0.1) is 11.3 Å². The second kappa shape index (κ2) is 7.06. The Morgan fingerprint density at radius 3 is 2.57 bits per heavy atom. The summed E-state index contributed by atoms with van der Waals surface area (Å²) in [5.74, 6) is 0. The largest absolute Gasteiger partial charge is 0.371 e. The fourth-order valence-electron chi connectivity index (χ4n) is 2.94. The summed E-state index contributed by atoms with van der Waals surface area (Å²) in [4.78, 5) is 2.46. The Bertz CT molecular complexity index is 741. The Kier molecular flexibility index (Phi) is 4.68. The first-order valence-corrected chi connectivity index (χ1v) is 8.10. The highest BCUT2D eigenvalue weighted by molar-refractivity contribution is 5.60. The van der Waals surface area contributed by atoms with Gasteiger partial charge in [-0.05, 0) is 67.3 Å². The summed E-state index contributed by atoms with van der Waals surface area (Å²) >= 11 is 0. The van der Waals surface area contributed by atoms with Crippen molar-refractivity contribution in [3.8, 4) is 6.07 Å². The van der Waals surface area contributed by atoms with Crippen LogP contribution in [0.5, 0.6) is 0 Å². The molecule has 2 aromatic carbocycles. The van der Waals surface area contributed by atoms with Crippen LogP contribution in [0.1, 0.15) is 30.9 Å². The molecule has 4 nitrogen and oxygen atoms in total. The van der Waals surface area contributed by atoms with Crippen molar-refractivity contribution in [2.24, 2.45) is 10.2 Å². The molecule has 0 radical (unpaired) electrons. The summed E-state index contributed by atoms with van der Waals surface area (Å²) in [7, 11) is 0. The lowest BCUT2D eigenvalue weighted by Gasteiger charge is -2.31. The van der Waals surface area contributed by atoms with E-state index in [1.807, 2.05) is 18.2 Å². The minimum atomic E-state index is 0.633. The Morgan fingerprint density at radius 1 is 1.09 bits per heavy atom. The molecular formula is C19H20N4. The molecule has 1 heterocycles. The van der Waals surface area contributed by atoms with Crippen LogP contribution in [-0.4, -0.2) is 13.1 Å². The van der Waals surface area contributed by atoms with E-state index < -0.39 is 0 Å². The second-order valence-corrected chi connectivity index (χ2v) is 5.76. The van der Waals surface area contributed by atoms with Crippen molar-refractivity contribution in [3.05, 3.63) is 53.6 Å². The molecule has 0 unspecified atom stereocenters. The van der Waals surface area contributed by atoms with Gasteiger partial charge in [-0.3, -0.25) is 0 Å². The monoisotopic (exact) mass is 304 g/mol. The van der Waals surface area contributed by atoms with Crippen molar-refractivity contribution >= 4 is 17.1 Å². The molecule has 0 bridgehead atoms. The second-order valence-electron chi connectivity index (χ2n) is 5.76. The van der Waals surface area contributed by atoms with Gasteiger partial charge in [-0.15, -0.1) is 0 Å². The molecule has 3 rings (SSSR count). The average Bonchev–Trinajstić information content (AvgIpc) is 2.60. The summed E-state index contributed by atoms with van der Waals surface area (Å²) in [6.07, 6.45) is 3.47. The lowest BCUT2D eigenvalue weighted by atomic mass is 10.0. The summed E-state index contributed by atoms with van der Waals surface area (Å²) in [6.45, 7) is 4.47. The maximum absolute atomic E-state index is 8.80. The highest BCUT2D eigenvalue weighted by Gasteiger charge is 2.16. The summed E-state index contributed by atoms with van der Waals surface area (Å²) < 4.78 is 0. The molecule has 116 valence electrons. The molecule has 0 fully saturated rings. The minimum Gasteiger partial charge on any atom is -0.371 e. The Labute approximate surface area is 137 Å². The number of aryl methyl sites for hydroxylation is 1. The third-order valence-corrected chi connectivity index (χ3v) is 4.05. The number of nitriles is 1. The lowest BCUT2D eigenvalue weighted by molar-refractivity contribution is 0.681. The van der Waals surface area contributed by atoms with Gasteiger partial charge in [0.1, 0.15) is 0 Å². The number of hydrogen-bond acceptors (Lipinski definition) is 4. The molecule has 1 aliphatic rings. The number of benzene rings is 2. The van der Waals surface area contributed by atoms with Crippen LogP contribution in [0.2, 0.25) is 0 Å². The van der Waals surface area contributed by atoms with Gasteiger partial charge in [0.25, 0.3) is 0 Å². The summed E-state index contributed by atoms with van der Waals surface area (Å²) in [5, 5.41) is 17.4. The predicted molar refractivity (Wildman–Crippen MR) is 92.6 cm³/mol. The molecule has 1 aliphatic heterocycles. The van der Waals surface area contributed by atoms with Crippen LogP contribution in [0.25, 0.3) is 0 Å². The topological polar surface area (TPSA) is 51.8 Å². The molecule has 0 atom stereocenters. The number of azo groups is 1. The standard InChI is InChI=1S/C19H20N4/c1-2-11-23-12-3-4-16-13-18(9-10-19(16)23)22-21-17-7-5-15(14-20)6-8-17/h5-10,13H,2-4,11-12H2,1H3. The van der Waals surface area contributed by atoms with Gasteiger partial charge in [0.2, 0.25) is 0 Å². The third-order valence-electron chi connectivity index (χ3n) is 4.05. The van der Waals surface area contributed by atoms with E-state index in [0.717, 1.165) is 30.9 Å². The number of rotatable bonds is 4. The SMILES string of the molecule is CCCN1CCCc2cc(N=Nc3ccc(C#N)cc3)ccc21. The molecule has 4 heteroatoms. The zero-order valence-electron chi connectivity index (χ0n) is 13.4. The van der Waals surface area contributed by atoms with Gasteiger partial charge >= 0.3 is 0 Å². The number of fused-ring (bicyclic) bond motifs is 1. The minimum absolute atomic E-state index is 0.633. The molecule has 2 aromatic rings. The van der Waals surface area contributed by atoms with Crippen LogP contribution in [0.3, 0.4) is 0 Å². The molecule has 0 aliphatic carbocycles. The Morgan fingerprint density at radius 2 is 1.83 bits per heavy atom. The molecule has 0 amide bonds. The van der Waals surface area contributed by atoms with Crippen molar-refractivity contribution in [1.29, 1.82) is 5.26 Å². The van der Waals surface area contributed by atoms with Gasteiger partial charge in [-0.25, -0.2) is 0 Å². The molecule has 0 spiro atoms. The third kappa shape index (κ3) is 3.57. The quantitative estimate of drug-likeness (QED) is 0.735. The first-order chi connectivity index (χ1) is 11.3. The molecule has 0 saturated carbocycles. The maximum Gasteiger partial charge on any atom is 0.0991 e. The summed E-state index contributed by atoms with van der Waals surface area (Å²) in [5.41, 5.74) is 4.98. The number of anilines is 1. The van der Waals surface area contributed by atoms with Crippen molar-refractivity contribution in [3.63, 3.8) is 0 Å². The first kappa shape index (κ1) is 15.2. The molecule has 23 heavy (non-hydrogen) atoms. The van der Waals surface area contributed by atoms with Crippen LogP contribution in [-0.2, 0) is 6.42 Å². The highest BCUT2D eigenvalue weighted by Crippen LogP contribution is 2.31. The van der Waals surface area contributed by atoms with Crippen LogP contribution in [0.15, 0.2) is 52.7 Å². The zero-order chi connectivity index (χ0) is 16.1. The van der Waals surface area contributed by atoms with E-state index in [1.165, 1.54) is 24.1 Å². The number of hydrogen-bond donors (Lipinski definition) is 0. The Hall–Kier alpha value is -2.67. The lowest BCUT2D eigenvalue weighted by Crippen LogP contribution is -2.29. The van der Waals surface area contributed by atoms with E-state index in [0.29, 0.717) is 5.56 Å². The van der Waals surface area contributed by atoms with Gasteiger partial charge in [-0.1, -0.05) is 6.92 Å². The van der Waals surface area contributed by atoms with Crippen LogP contribution in [0.4, 0.5) is 17.1 Å². The van der Waals surface area contributed by atoms with E-state index in [1.54, 1.807) is 12.1 Å². The smallest absolute Gasteiger partial charge is 0.0991 e. The van der Waals surface area contributed by atoms with Gasteiger partial charge in [0, 0.05) is 18.8 Å². The average molecular weight is 304 g/mol. The van der Waals surface area contributed by atoms with Crippen molar-refractivity contribution in [2.45, 2.75) is 26.2 Å². The fraction of sp³-hybridized carbons (Fsp3) is 0.316. The molecule has 0 saturated heterocycles. The molecule has 0 N–H and O–H groups in total. The maximum atomic E-state index is 8.80. The number of nitrogens with zero attached hydrogens (tertiary/aromatic N) is 4. The molecule has 0 aromatic heterocycles. The normalized spacial score (nSPS) is 13.8.